The summed E-state index contributed by atoms with van der Waals surface area (Å²) in [5.41, 5.74) is 5.37. The fourth-order valence-electron chi connectivity index (χ4n) is 4.01. The molecule has 0 bridgehead atoms. The van der Waals surface area contributed by atoms with Crippen LogP contribution >= 0.6 is 0 Å². The molecule has 0 fully saturated rings. The first-order valence-corrected chi connectivity index (χ1v) is 11.1. The van der Waals surface area contributed by atoms with Gasteiger partial charge in [0.25, 0.3) is 0 Å². The van der Waals surface area contributed by atoms with Gasteiger partial charge in [-0.1, -0.05) is 42.2 Å². The number of aromatic amines is 1. The van der Waals surface area contributed by atoms with Gasteiger partial charge >= 0.3 is 5.97 Å². The van der Waals surface area contributed by atoms with Crippen LogP contribution in [0, 0.1) is 11.8 Å². The van der Waals surface area contributed by atoms with Crippen LogP contribution in [0.5, 0.6) is 0 Å². The molecule has 0 saturated heterocycles. The third-order valence-electron chi connectivity index (χ3n) is 5.78. The largest absolute Gasteiger partial charge is 0.478 e. The molecule has 35 heavy (non-hydrogen) atoms. The normalized spacial score (nSPS) is 10.5. The number of rotatable bonds is 5. The van der Waals surface area contributed by atoms with Crippen LogP contribution in [0.15, 0.2) is 97.5 Å². The van der Waals surface area contributed by atoms with E-state index < -0.39 is 5.97 Å². The number of Topliss-reactive ketones (excluding diaryl/α,β-unsaturated/α-hetero) is 1. The summed E-state index contributed by atoms with van der Waals surface area (Å²) >= 11 is 0. The number of carbonyl (C=O) groups is 2. The van der Waals surface area contributed by atoms with Crippen molar-refractivity contribution in [3.8, 4) is 23.0 Å². The summed E-state index contributed by atoms with van der Waals surface area (Å²) in [7, 11) is 0. The fraction of sp³-hybridized carbons (Fsp3) is 0.0333. The number of pyridine rings is 1. The zero-order valence-electron chi connectivity index (χ0n) is 18.7. The lowest BCUT2D eigenvalue weighted by Crippen LogP contribution is -2.03. The number of nitrogens with one attached hydrogen (secondary N) is 1. The second-order valence-corrected chi connectivity index (χ2v) is 8.10. The number of hydrogen-bond donors (Lipinski definition) is 2. The highest BCUT2D eigenvalue weighted by atomic mass is 16.4. The monoisotopic (exact) mass is 456 g/mol. The molecular weight excluding hydrogens is 436 g/mol. The number of nitrogens with zero attached hydrogens (tertiary/aromatic N) is 1. The van der Waals surface area contributed by atoms with E-state index in [2.05, 4.69) is 21.8 Å². The van der Waals surface area contributed by atoms with Crippen molar-refractivity contribution in [1.82, 2.24) is 9.97 Å². The van der Waals surface area contributed by atoms with Crippen molar-refractivity contribution in [3.63, 3.8) is 0 Å². The van der Waals surface area contributed by atoms with Gasteiger partial charge in [0.1, 0.15) is 0 Å². The van der Waals surface area contributed by atoms with E-state index in [1.807, 2.05) is 60.8 Å². The highest BCUT2D eigenvalue weighted by Crippen LogP contribution is 2.30. The minimum absolute atomic E-state index is 0.00565. The van der Waals surface area contributed by atoms with E-state index in [1.165, 1.54) is 0 Å². The molecule has 0 spiro atoms. The molecule has 0 aliphatic carbocycles. The maximum Gasteiger partial charge on any atom is 0.336 e. The van der Waals surface area contributed by atoms with E-state index in [-0.39, 0.29) is 17.8 Å². The van der Waals surface area contributed by atoms with Crippen LogP contribution in [0.4, 0.5) is 0 Å². The first kappa shape index (κ1) is 21.9. The molecule has 0 unspecified atom stereocenters. The van der Waals surface area contributed by atoms with E-state index in [0.717, 1.165) is 27.6 Å². The van der Waals surface area contributed by atoms with Crippen molar-refractivity contribution in [2.45, 2.75) is 6.42 Å². The Kier molecular flexibility index (Phi) is 5.94. The smallest absolute Gasteiger partial charge is 0.336 e. The zero-order valence-corrected chi connectivity index (χ0v) is 18.7. The van der Waals surface area contributed by atoms with Gasteiger partial charge in [0, 0.05) is 52.8 Å². The number of fused-ring (bicyclic) bond motifs is 1. The Labute approximate surface area is 202 Å². The number of H-pyrrole nitrogens is 1. The number of aromatic carboxylic acids is 1. The van der Waals surface area contributed by atoms with E-state index >= 15 is 0 Å². The molecule has 3 aromatic carbocycles. The average Bonchev–Trinajstić information content (AvgIpc) is 3.36. The average molecular weight is 457 g/mol. The Balaban J connectivity index is 1.45. The minimum Gasteiger partial charge on any atom is -0.478 e. The van der Waals surface area contributed by atoms with Crippen molar-refractivity contribution < 1.29 is 14.7 Å². The van der Waals surface area contributed by atoms with Gasteiger partial charge in [-0.15, -0.1) is 0 Å². The molecule has 2 aromatic heterocycles. The lowest BCUT2D eigenvalue weighted by molar-refractivity contribution is 0.0697. The molecule has 5 nitrogen and oxygen atoms in total. The first-order chi connectivity index (χ1) is 17.1. The molecule has 0 saturated carbocycles. The summed E-state index contributed by atoms with van der Waals surface area (Å²) in [6.45, 7) is 0. The van der Waals surface area contributed by atoms with Crippen molar-refractivity contribution in [3.05, 3.63) is 125 Å². The quantitative estimate of drug-likeness (QED) is 0.260. The van der Waals surface area contributed by atoms with Gasteiger partial charge in [-0.3, -0.25) is 9.78 Å². The molecule has 0 amide bonds. The highest BCUT2D eigenvalue weighted by molar-refractivity contribution is 5.99. The number of carbonyl (C=O) groups excluding carboxylic acids is 1. The van der Waals surface area contributed by atoms with Gasteiger partial charge in [0.05, 0.1) is 5.56 Å². The van der Waals surface area contributed by atoms with Crippen molar-refractivity contribution in [2.75, 3.05) is 0 Å². The maximum atomic E-state index is 12.4. The Bertz CT molecular complexity index is 1600. The summed E-state index contributed by atoms with van der Waals surface area (Å²) in [5, 5.41) is 10.9. The van der Waals surface area contributed by atoms with E-state index in [9.17, 15) is 14.7 Å². The summed E-state index contributed by atoms with van der Waals surface area (Å²) < 4.78 is 0. The van der Waals surface area contributed by atoms with Crippen LogP contribution in [-0.2, 0) is 6.42 Å². The van der Waals surface area contributed by atoms with Gasteiger partial charge < -0.3 is 10.1 Å². The molecule has 168 valence electrons. The predicted molar refractivity (Wildman–Crippen MR) is 135 cm³/mol. The fourth-order valence-corrected chi connectivity index (χ4v) is 4.01. The number of aromatic nitrogens is 2. The van der Waals surface area contributed by atoms with Gasteiger partial charge in [-0.05, 0) is 65.0 Å². The summed E-state index contributed by atoms with van der Waals surface area (Å²) in [5.74, 6) is 5.29. The van der Waals surface area contributed by atoms with Crippen LogP contribution < -0.4 is 0 Å². The molecule has 5 aromatic rings. The number of ketones is 1. The van der Waals surface area contributed by atoms with Crippen LogP contribution in [0.3, 0.4) is 0 Å². The summed E-state index contributed by atoms with van der Waals surface area (Å²) in [6.07, 6.45) is 5.34. The van der Waals surface area contributed by atoms with Crippen molar-refractivity contribution >= 4 is 22.7 Å². The van der Waals surface area contributed by atoms with Crippen molar-refractivity contribution in [1.29, 1.82) is 0 Å². The molecule has 2 N–H and O–H groups in total. The van der Waals surface area contributed by atoms with Crippen LogP contribution in [-0.4, -0.2) is 26.8 Å². The Hall–Kier alpha value is -4.95. The van der Waals surface area contributed by atoms with Gasteiger partial charge in [-0.2, -0.15) is 0 Å². The van der Waals surface area contributed by atoms with Gasteiger partial charge in [0.15, 0.2) is 5.78 Å². The van der Waals surface area contributed by atoms with Crippen LogP contribution in [0.2, 0.25) is 0 Å². The lowest BCUT2D eigenvalue weighted by atomic mass is 9.93. The molecule has 5 rings (SSSR count). The molecular formula is C30H20N2O3. The highest BCUT2D eigenvalue weighted by Gasteiger charge is 2.15. The Morgan fingerprint density at radius 3 is 2.54 bits per heavy atom. The summed E-state index contributed by atoms with van der Waals surface area (Å²) in [6, 6.07) is 23.9. The van der Waals surface area contributed by atoms with Crippen molar-refractivity contribution in [2.24, 2.45) is 0 Å². The third-order valence-corrected chi connectivity index (χ3v) is 5.78. The Morgan fingerprint density at radius 2 is 1.77 bits per heavy atom. The van der Waals surface area contributed by atoms with E-state index in [0.29, 0.717) is 16.7 Å². The summed E-state index contributed by atoms with van der Waals surface area (Å²) in [4.78, 5) is 31.6. The number of benzene rings is 3. The second-order valence-electron chi connectivity index (χ2n) is 8.10. The van der Waals surface area contributed by atoms with Crippen LogP contribution in [0.1, 0.15) is 37.4 Å². The second kappa shape index (κ2) is 9.50. The number of hydrogen-bond acceptors (Lipinski definition) is 3. The number of carboxylic acid groups (broad SMARTS) is 1. The standard InChI is InChI=1S/C30H20N2O3/c33-28(25-4-2-15-31-19-25)17-21-8-6-20(7-9-21)10-11-23-3-1-5-26(30(34)35)29(23)24-13-12-22-14-16-32-27(22)18-24/h1-9,12-16,18-19,32H,17H2,(H,34,35). The SMILES string of the molecule is O=C(Cc1ccc(C#Cc2cccc(C(=O)O)c2-c2ccc3cc[nH]c3c2)cc1)c1cccnc1. The van der Waals surface area contributed by atoms with E-state index in [4.69, 9.17) is 0 Å². The van der Waals surface area contributed by atoms with Crippen LogP contribution in [0.25, 0.3) is 22.0 Å². The van der Waals surface area contributed by atoms with Gasteiger partial charge in [-0.25, -0.2) is 4.79 Å². The Morgan fingerprint density at radius 1 is 0.914 bits per heavy atom. The molecule has 0 aliphatic rings. The number of carboxylic acids is 1. The minimum atomic E-state index is -1.00. The molecule has 5 heteroatoms. The topological polar surface area (TPSA) is 83.0 Å². The third kappa shape index (κ3) is 4.73. The lowest BCUT2D eigenvalue weighted by Gasteiger charge is -2.10. The van der Waals surface area contributed by atoms with E-state index in [1.54, 1.807) is 36.7 Å². The predicted octanol–water partition coefficient (Wildman–Crippen LogP) is 5.75. The molecule has 0 radical (unpaired) electrons. The molecule has 2 heterocycles. The van der Waals surface area contributed by atoms with Gasteiger partial charge in [0.2, 0.25) is 0 Å². The molecule has 0 aliphatic heterocycles. The first-order valence-electron chi connectivity index (χ1n) is 11.1. The maximum absolute atomic E-state index is 12.4. The molecule has 0 atom stereocenters. The zero-order chi connectivity index (χ0) is 24.2.